The molecular formula is C16H22N4O. The Morgan fingerprint density at radius 1 is 1.33 bits per heavy atom. The third-order valence-corrected chi connectivity index (χ3v) is 4.13. The van der Waals surface area contributed by atoms with E-state index in [4.69, 9.17) is 10.3 Å². The number of nitrogens with zero attached hydrogens (tertiary/aromatic N) is 3. The molecule has 0 spiro atoms. The van der Waals surface area contributed by atoms with E-state index in [0.717, 1.165) is 31.9 Å². The maximum absolute atomic E-state index is 6.05. The lowest BCUT2D eigenvalue weighted by Crippen LogP contribution is -2.45. The van der Waals surface area contributed by atoms with Gasteiger partial charge in [0.1, 0.15) is 0 Å². The lowest BCUT2D eigenvalue weighted by Gasteiger charge is -2.34. The van der Waals surface area contributed by atoms with Crippen LogP contribution >= 0.6 is 0 Å². The summed E-state index contributed by atoms with van der Waals surface area (Å²) in [6.45, 7) is 4.92. The summed E-state index contributed by atoms with van der Waals surface area (Å²) in [5.74, 6) is 1.96. The van der Waals surface area contributed by atoms with Crippen molar-refractivity contribution < 1.29 is 4.52 Å². The standard InChI is InChI=1S/C16H22N4O/c1-12-10-20(8-7-14(12)17)11-16-18-15(19-21-16)9-13-5-3-2-4-6-13/h2-6,12,14H,7-11,17H2,1H3. The quantitative estimate of drug-likeness (QED) is 0.928. The molecule has 0 bridgehead atoms. The molecule has 1 saturated heterocycles. The van der Waals surface area contributed by atoms with Crippen molar-refractivity contribution in [3.8, 4) is 0 Å². The van der Waals surface area contributed by atoms with Crippen molar-refractivity contribution in [2.75, 3.05) is 13.1 Å². The van der Waals surface area contributed by atoms with Crippen molar-refractivity contribution in [1.82, 2.24) is 15.0 Å². The molecule has 5 nitrogen and oxygen atoms in total. The van der Waals surface area contributed by atoms with Gasteiger partial charge in [0, 0.05) is 25.6 Å². The van der Waals surface area contributed by atoms with Gasteiger partial charge in [0.15, 0.2) is 5.82 Å². The predicted octanol–water partition coefficient (Wildman–Crippen LogP) is 1.83. The third kappa shape index (κ3) is 3.68. The van der Waals surface area contributed by atoms with E-state index in [2.05, 4.69) is 34.1 Å². The van der Waals surface area contributed by atoms with Crippen LogP contribution in [-0.4, -0.2) is 34.2 Å². The topological polar surface area (TPSA) is 68.2 Å². The maximum Gasteiger partial charge on any atom is 0.240 e. The molecule has 2 unspecified atom stereocenters. The van der Waals surface area contributed by atoms with Crippen molar-refractivity contribution in [2.24, 2.45) is 11.7 Å². The molecule has 2 atom stereocenters. The Morgan fingerprint density at radius 3 is 2.90 bits per heavy atom. The van der Waals surface area contributed by atoms with E-state index in [9.17, 15) is 0 Å². The predicted molar refractivity (Wildman–Crippen MR) is 80.6 cm³/mol. The number of hydrogen-bond donors (Lipinski definition) is 1. The van der Waals surface area contributed by atoms with Gasteiger partial charge in [-0.3, -0.25) is 4.90 Å². The number of benzene rings is 1. The highest BCUT2D eigenvalue weighted by Gasteiger charge is 2.24. The lowest BCUT2D eigenvalue weighted by molar-refractivity contribution is 0.142. The molecule has 5 heteroatoms. The fourth-order valence-electron chi connectivity index (χ4n) is 2.79. The van der Waals surface area contributed by atoms with E-state index < -0.39 is 0 Å². The summed E-state index contributed by atoms with van der Waals surface area (Å²) < 4.78 is 5.37. The number of likely N-dealkylation sites (tertiary alicyclic amines) is 1. The second-order valence-electron chi connectivity index (χ2n) is 5.93. The van der Waals surface area contributed by atoms with Gasteiger partial charge < -0.3 is 10.3 Å². The minimum absolute atomic E-state index is 0.317. The first kappa shape index (κ1) is 14.2. The van der Waals surface area contributed by atoms with Gasteiger partial charge in [-0.15, -0.1) is 0 Å². The first-order valence-corrected chi connectivity index (χ1v) is 7.54. The van der Waals surface area contributed by atoms with Crippen LogP contribution in [0.2, 0.25) is 0 Å². The van der Waals surface area contributed by atoms with Gasteiger partial charge in [-0.1, -0.05) is 42.4 Å². The zero-order valence-corrected chi connectivity index (χ0v) is 12.4. The monoisotopic (exact) mass is 286 g/mol. The minimum Gasteiger partial charge on any atom is -0.338 e. The van der Waals surface area contributed by atoms with Crippen LogP contribution in [0.1, 0.15) is 30.6 Å². The van der Waals surface area contributed by atoms with Crippen LogP contribution in [0, 0.1) is 5.92 Å². The normalized spacial score (nSPS) is 23.3. The van der Waals surface area contributed by atoms with Crippen LogP contribution in [0.25, 0.3) is 0 Å². The molecule has 1 aliphatic heterocycles. The van der Waals surface area contributed by atoms with Crippen LogP contribution in [0.3, 0.4) is 0 Å². The average Bonchev–Trinajstić information content (AvgIpc) is 2.91. The van der Waals surface area contributed by atoms with Crippen molar-refractivity contribution in [1.29, 1.82) is 0 Å². The smallest absolute Gasteiger partial charge is 0.240 e. The van der Waals surface area contributed by atoms with E-state index in [1.54, 1.807) is 0 Å². The molecule has 1 fully saturated rings. The van der Waals surface area contributed by atoms with E-state index in [1.165, 1.54) is 5.56 Å². The molecule has 3 rings (SSSR count). The van der Waals surface area contributed by atoms with E-state index in [1.807, 2.05) is 18.2 Å². The number of hydrogen-bond acceptors (Lipinski definition) is 5. The van der Waals surface area contributed by atoms with Gasteiger partial charge in [0.05, 0.1) is 6.54 Å². The highest BCUT2D eigenvalue weighted by molar-refractivity contribution is 5.18. The Bertz CT molecular complexity index is 569. The molecule has 0 radical (unpaired) electrons. The van der Waals surface area contributed by atoms with Gasteiger partial charge in [-0.2, -0.15) is 4.98 Å². The highest BCUT2D eigenvalue weighted by atomic mass is 16.5. The molecule has 2 aromatic rings. The molecule has 2 N–H and O–H groups in total. The van der Waals surface area contributed by atoms with Crippen LogP contribution in [0.15, 0.2) is 34.9 Å². The molecule has 2 heterocycles. The van der Waals surface area contributed by atoms with Crippen LogP contribution in [0.4, 0.5) is 0 Å². The maximum atomic E-state index is 6.05. The lowest BCUT2D eigenvalue weighted by atomic mass is 9.95. The molecule has 0 amide bonds. The summed E-state index contributed by atoms with van der Waals surface area (Å²) >= 11 is 0. The van der Waals surface area contributed by atoms with Gasteiger partial charge >= 0.3 is 0 Å². The fourth-order valence-corrected chi connectivity index (χ4v) is 2.79. The summed E-state index contributed by atoms with van der Waals surface area (Å²) in [5.41, 5.74) is 7.24. The largest absolute Gasteiger partial charge is 0.338 e. The van der Waals surface area contributed by atoms with Crippen LogP contribution in [-0.2, 0) is 13.0 Å². The van der Waals surface area contributed by atoms with Gasteiger partial charge in [-0.05, 0) is 17.9 Å². The minimum atomic E-state index is 0.317. The Balaban J connectivity index is 1.58. The third-order valence-electron chi connectivity index (χ3n) is 4.13. The summed E-state index contributed by atoms with van der Waals surface area (Å²) in [4.78, 5) is 6.83. The average molecular weight is 286 g/mol. The second-order valence-corrected chi connectivity index (χ2v) is 5.93. The summed E-state index contributed by atoms with van der Waals surface area (Å²) in [6.07, 6.45) is 1.75. The van der Waals surface area contributed by atoms with Crippen LogP contribution in [0.5, 0.6) is 0 Å². The molecular weight excluding hydrogens is 264 g/mol. The number of piperidine rings is 1. The zero-order valence-electron chi connectivity index (χ0n) is 12.4. The molecule has 21 heavy (non-hydrogen) atoms. The molecule has 0 aliphatic carbocycles. The summed E-state index contributed by atoms with van der Waals surface area (Å²) in [6, 6.07) is 10.5. The first-order chi connectivity index (χ1) is 10.2. The number of nitrogens with two attached hydrogens (primary N) is 1. The van der Waals surface area contributed by atoms with E-state index in [0.29, 0.717) is 24.3 Å². The molecule has 1 aromatic heterocycles. The molecule has 1 aromatic carbocycles. The van der Waals surface area contributed by atoms with Crippen LogP contribution < -0.4 is 5.73 Å². The summed E-state index contributed by atoms with van der Waals surface area (Å²) in [5, 5.41) is 4.07. The number of aromatic nitrogens is 2. The second kappa shape index (κ2) is 6.37. The Kier molecular flexibility index (Phi) is 4.31. The fraction of sp³-hybridized carbons (Fsp3) is 0.500. The zero-order chi connectivity index (χ0) is 14.7. The Labute approximate surface area is 125 Å². The number of rotatable bonds is 4. The van der Waals surface area contributed by atoms with Gasteiger partial charge in [0.2, 0.25) is 5.89 Å². The first-order valence-electron chi connectivity index (χ1n) is 7.54. The summed E-state index contributed by atoms with van der Waals surface area (Å²) in [7, 11) is 0. The highest BCUT2D eigenvalue weighted by Crippen LogP contribution is 2.17. The molecule has 0 saturated carbocycles. The Morgan fingerprint density at radius 2 is 2.14 bits per heavy atom. The Hall–Kier alpha value is -1.72. The van der Waals surface area contributed by atoms with Gasteiger partial charge in [0.25, 0.3) is 0 Å². The van der Waals surface area contributed by atoms with Crippen molar-refractivity contribution in [3.63, 3.8) is 0 Å². The molecule has 1 aliphatic rings. The van der Waals surface area contributed by atoms with E-state index >= 15 is 0 Å². The molecule has 112 valence electrons. The van der Waals surface area contributed by atoms with Crippen molar-refractivity contribution in [2.45, 2.75) is 32.4 Å². The van der Waals surface area contributed by atoms with Crippen molar-refractivity contribution >= 4 is 0 Å². The van der Waals surface area contributed by atoms with Crippen molar-refractivity contribution in [3.05, 3.63) is 47.6 Å². The van der Waals surface area contributed by atoms with Gasteiger partial charge in [-0.25, -0.2) is 0 Å². The van der Waals surface area contributed by atoms with E-state index in [-0.39, 0.29) is 0 Å². The SMILES string of the molecule is CC1CN(Cc2nc(Cc3ccccc3)no2)CCC1N.